The fourth-order valence-electron chi connectivity index (χ4n) is 3.67. The molecular weight excluding hydrogens is 208 g/mol. The highest BCUT2D eigenvalue weighted by atomic mass is 15.3. The normalized spacial score (nSPS) is 40.1. The zero-order chi connectivity index (χ0) is 12.4. The average molecular weight is 238 g/mol. The molecule has 4 atom stereocenters. The Labute approximate surface area is 107 Å². The molecule has 4 unspecified atom stereocenters. The van der Waals surface area contributed by atoms with Crippen LogP contribution in [0.5, 0.6) is 0 Å². The highest BCUT2D eigenvalue weighted by Gasteiger charge is 2.33. The van der Waals surface area contributed by atoms with Crippen LogP contribution < -0.4 is 5.32 Å². The van der Waals surface area contributed by atoms with Gasteiger partial charge in [0.05, 0.1) is 0 Å². The summed E-state index contributed by atoms with van der Waals surface area (Å²) in [7, 11) is 0. The molecule has 2 heteroatoms. The standard InChI is InChI=1S/C15H30N2/c1-11(2)7-14-10-17(13(4)9-16-14)15-6-5-12(3)8-15/h11-16H,5-10H2,1-4H3. The predicted molar refractivity (Wildman–Crippen MR) is 74.2 cm³/mol. The smallest absolute Gasteiger partial charge is 0.0198 e. The first-order valence-electron chi connectivity index (χ1n) is 7.55. The number of nitrogens with zero attached hydrogens (tertiary/aromatic N) is 1. The first-order valence-corrected chi connectivity index (χ1v) is 7.55. The van der Waals surface area contributed by atoms with E-state index in [-0.39, 0.29) is 0 Å². The van der Waals surface area contributed by atoms with Crippen molar-refractivity contribution >= 4 is 0 Å². The number of hydrogen-bond donors (Lipinski definition) is 1. The lowest BCUT2D eigenvalue weighted by atomic mass is 9.98. The quantitative estimate of drug-likeness (QED) is 0.813. The molecule has 1 aliphatic carbocycles. The molecule has 1 saturated carbocycles. The minimum absolute atomic E-state index is 0.724. The highest BCUT2D eigenvalue weighted by molar-refractivity contribution is 4.91. The van der Waals surface area contributed by atoms with Crippen molar-refractivity contribution in [1.29, 1.82) is 0 Å². The third kappa shape index (κ3) is 3.45. The van der Waals surface area contributed by atoms with Gasteiger partial charge in [0.2, 0.25) is 0 Å². The molecule has 1 saturated heterocycles. The zero-order valence-corrected chi connectivity index (χ0v) is 12.1. The summed E-state index contributed by atoms with van der Waals surface area (Å²) in [5.74, 6) is 1.76. The summed E-state index contributed by atoms with van der Waals surface area (Å²) in [5.41, 5.74) is 0. The molecule has 0 spiro atoms. The van der Waals surface area contributed by atoms with Gasteiger partial charge in [-0.15, -0.1) is 0 Å². The maximum atomic E-state index is 3.72. The van der Waals surface area contributed by atoms with Gasteiger partial charge in [-0.3, -0.25) is 4.90 Å². The Hall–Kier alpha value is -0.0800. The van der Waals surface area contributed by atoms with E-state index in [2.05, 4.69) is 37.9 Å². The second-order valence-electron chi connectivity index (χ2n) is 6.85. The number of nitrogens with one attached hydrogen (secondary N) is 1. The van der Waals surface area contributed by atoms with Crippen LogP contribution in [0.4, 0.5) is 0 Å². The van der Waals surface area contributed by atoms with Gasteiger partial charge < -0.3 is 5.32 Å². The van der Waals surface area contributed by atoms with E-state index in [0.717, 1.165) is 30.0 Å². The summed E-state index contributed by atoms with van der Waals surface area (Å²) in [5, 5.41) is 3.72. The van der Waals surface area contributed by atoms with Crippen LogP contribution in [0.25, 0.3) is 0 Å². The second-order valence-corrected chi connectivity index (χ2v) is 6.85. The molecule has 2 aliphatic rings. The summed E-state index contributed by atoms with van der Waals surface area (Å²) in [6, 6.07) is 2.33. The van der Waals surface area contributed by atoms with Gasteiger partial charge >= 0.3 is 0 Å². The summed E-state index contributed by atoms with van der Waals surface area (Å²) in [6.07, 6.45) is 5.63. The topological polar surface area (TPSA) is 15.3 Å². The lowest BCUT2D eigenvalue weighted by Crippen LogP contribution is -2.58. The Balaban J connectivity index is 1.90. The molecular formula is C15H30N2. The Bertz CT molecular complexity index is 239. The average Bonchev–Trinajstić information content (AvgIpc) is 2.67. The van der Waals surface area contributed by atoms with E-state index >= 15 is 0 Å². The van der Waals surface area contributed by atoms with Crippen molar-refractivity contribution in [1.82, 2.24) is 10.2 Å². The molecule has 100 valence electrons. The van der Waals surface area contributed by atoms with Crippen molar-refractivity contribution in [2.75, 3.05) is 13.1 Å². The van der Waals surface area contributed by atoms with Crippen molar-refractivity contribution in [2.24, 2.45) is 11.8 Å². The Morgan fingerprint density at radius 2 is 2.00 bits per heavy atom. The molecule has 1 heterocycles. The monoisotopic (exact) mass is 238 g/mol. The molecule has 0 amide bonds. The second kappa shape index (κ2) is 5.71. The fourth-order valence-corrected chi connectivity index (χ4v) is 3.67. The van der Waals surface area contributed by atoms with Gasteiger partial charge in [0.25, 0.3) is 0 Å². The molecule has 1 aliphatic heterocycles. The van der Waals surface area contributed by atoms with Crippen molar-refractivity contribution in [3.63, 3.8) is 0 Å². The van der Waals surface area contributed by atoms with E-state index in [4.69, 9.17) is 0 Å². The minimum Gasteiger partial charge on any atom is -0.311 e. The Morgan fingerprint density at radius 3 is 2.59 bits per heavy atom. The molecule has 0 radical (unpaired) electrons. The van der Waals surface area contributed by atoms with Gasteiger partial charge in [0.15, 0.2) is 0 Å². The summed E-state index contributed by atoms with van der Waals surface area (Å²) < 4.78 is 0. The van der Waals surface area contributed by atoms with E-state index in [0.29, 0.717) is 0 Å². The van der Waals surface area contributed by atoms with E-state index in [1.807, 2.05) is 0 Å². The van der Waals surface area contributed by atoms with E-state index in [1.54, 1.807) is 0 Å². The summed E-state index contributed by atoms with van der Waals surface area (Å²) in [6.45, 7) is 11.9. The van der Waals surface area contributed by atoms with Crippen LogP contribution in [-0.2, 0) is 0 Å². The van der Waals surface area contributed by atoms with Crippen LogP contribution in [-0.4, -0.2) is 36.1 Å². The highest BCUT2D eigenvalue weighted by Crippen LogP contribution is 2.31. The van der Waals surface area contributed by atoms with Crippen LogP contribution in [0.15, 0.2) is 0 Å². The van der Waals surface area contributed by atoms with Crippen LogP contribution in [0.3, 0.4) is 0 Å². The Kier molecular flexibility index (Phi) is 4.48. The lowest BCUT2D eigenvalue weighted by molar-refractivity contribution is 0.0855. The van der Waals surface area contributed by atoms with Gasteiger partial charge in [-0.1, -0.05) is 20.8 Å². The largest absolute Gasteiger partial charge is 0.311 e. The predicted octanol–water partition coefficient (Wildman–Crippen LogP) is 2.88. The first kappa shape index (κ1) is 13.4. The molecule has 2 rings (SSSR count). The van der Waals surface area contributed by atoms with E-state index < -0.39 is 0 Å². The lowest BCUT2D eigenvalue weighted by Gasteiger charge is -2.43. The SMILES string of the molecule is CC(C)CC1CN(C2CCC(C)C2)C(C)CN1. The van der Waals surface area contributed by atoms with Crippen LogP contribution in [0.1, 0.15) is 53.4 Å². The third-order valence-corrected chi connectivity index (χ3v) is 4.59. The van der Waals surface area contributed by atoms with Crippen molar-refractivity contribution in [3.05, 3.63) is 0 Å². The molecule has 0 aromatic carbocycles. The fraction of sp³-hybridized carbons (Fsp3) is 1.00. The summed E-state index contributed by atoms with van der Waals surface area (Å²) in [4.78, 5) is 2.80. The molecule has 0 aromatic heterocycles. The van der Waals surface area contributed by atoms with Crippen molar-refractivity contribution in [3.8, 4) is 0 Å². The first-order chi connectivity index (χ1) is 8.06. The Morgan fingerprint density at radius 1 is 1.24 bits per heavy atom. The van der Waals surface area contributed by atoms with E-state index in [9.17, 15) is 0 Å². The molecule has 0 aromatic rings. The maximum absolute atomic E-state index is 3.72. The molecule has 2 nitrogen and oxygen atoms in total. The van der Waals surface area contributed by atoms with Gasteiger partial charge in [-0.2, -0.15) is 0 Å². The minimum atomic E-state index is 0.724. The van der Waals surface area contributed by atoms with Gasteiger partial charge in [-0.25, -0.2) is 0 Å². The van der Waals surface area contributed by atoms with Gasteiger partial charge in [-0.05, 0) is 44.4 Å². The van der Waals surface area contributed by atoms with Gasteiger partial charge in [0, 0.05) is 31.2 Å². The maximum Gasteiger partial charge on any atom is 0.0198 e. The molecule has 1 N–H and O–H groups in total. The van der Waals surface area contributed by atoms with Crippen LogP contribution in [0.2, 0.25) is 0 Å². The molecule has 17 heavy (non-hydrogen) atoms. The van der Waals surface area contributed by atoms with Crippen LogP contribution >= 0.6 is 0 Å². The third-order valence-electron chi connectivity index (χ3n) is 4.59. The van der Waals surface area contributed by atoms with Crippen molar-refractivity contribution in [2.45, 2.75) is 71.5 Å². The number of piperazine rings is 1. The molecule has 2 fully saturated rings. The number of hydrogen-bond acceptors (Lipinski definition) is 2. The zero-order valence-electron chi connectivity index (χ0n) is 12.1. The van der Waals surface area contributed by atoms with Crippen molar-refractivity contribution < 1.29 is 0 Å². The molecule has 0 bridgehead atoms. The van der Waals surface area contributed by atoms with E-state index in [1.165, 1.54) is 38.8 Å². The summed E-state index contributed by atoms with van der Waals surface area (Å²) >= 11 is 0. The van der Waals surface area contributed by atoms with Gasteiger partial charge in [0.1, 0.15) is 0 Å². The van der Waals surface area contributed by atoms with Crippen LogP contribution in [0, 0.1) is 11.8 Å². The number of rotatable bonds is 3.